The van der Waals surface area contributed by atoms with E-state index in [0.29, 0.717) is 22.0 Å². The number of pyridine rings is 1. The van der Waals surface area contributed by atoms with E-state index in [1.54, 1.807) is 31.2 Å². The highest BCUT2D eigenvalue weighted by atomic mass is 16.5. The van der Waals surface area contributed by atoms with Crippen LogP contribution in [0.3, 0.4) is 0 Å². The number of aromatic amines is 1. The molecule has 2 heterocycles. The third-order valence-corrected chi connectivity index (χ3v) is 4.20. The molecule has 1 unspecified atom stereocenters. The Hall–Kier alpha value is -3.42. The molecule has 0 fully saturated rings. The van der Waals surface area contributed by atoms with E-state index in [1.165, 1.54) is 26.5 Å². The predicted molar refractivity (Wildman–Crippen MR) is 94.8 cm³/mol. The Morgan fingerprint density at radius 1 is 1.19 bits per heavy atom. The Morgan fingerprint density at radius 3 is 2.50 bits per heavy atom. The molecule has 1 N–H and O–H groups in total. The number of ether oxygens (including phenoxy) is 2. The van der Waals surface area contributed by atoms with Gasteiger partial charge in [0.15, 0.2) is 0 Å². The van der Waals surface area contributed by atoms with Crippen molar-refractivity contribution in [1.29, 1.82) is 0 Å². The number of aromatic nitrogens is 3. The molecule has 0 aliphatic heterocycles. The van der Waals surface area contributed by atoms with Gasteiger partial charge in [0.2, 0.25) is 5.88 Å². The Kier molecular flexibility index (Phi) is 4.57. The molecule has 0 saturated heterocycles. The van der Waals surface area contributed by atoms with Crippen LogP contribution in [0, 0.1) is 0 Å². The van der Waals surface area contributed by atoms with Crippen LogP contribution in [-0.4, -0.2) is 34.7 Å². The molecule has 2 aromatic heterocycles. The summed E-state index contributed by atoms with van der Waals surface area (Å²) in [5.41, 5.74) is 0.433. The third kappa shape index (κ3) is 2.97. The number of hydrogen-bond acceptors (Lipinski definition) is 6. The fourth-order valence-corrected chi connectivity index (χ4v) is 2.74. The van der Waals surface area contributed by atoms with E-state index in [1.807, 2.05) is 0 Å². The Labute approximate surface area is 148 Å². The summed E-state index contributed by atoms with van der Waals surface area (Å²) in [5, 5.41) is 0.300. The van der Waals surface area contributed by atoms with Gasteiger partial charge in [-0.15, -0.1) is 0 Å². The highest BCUT2D eigenvalue weighted by Gasteiger charge is 2.17. The van der Waals surface area contributed by atoms with Gasteiger partial charge in [0.05, 0.1) is 42.9 Å². The molecule has 0 spiro atoms. The number of nitrogens with one attached hydrogen (secondary N) is 1. The number of H-pyrrole nitrogens is 1. The quantitative estimate of drug-likeness (QED) is 0.711. The summed E-state index contributed by atoms with van der Waals surface area (Å²) in [4.78, 5) is 43.4. The van der Waals surface area contributed by atoms with Gasteiger partial charge in [0.1, 0.15) is 0 Å². The molecule has 8 heteroatoms. The fraction of sp³-hybridized carbons (Fsp3) is 0.222. The number of hydrogen-bond donors (Lipinski definition) is 1. The average molecular weight is 355 g/mol. The van der Waals surface area contributed by atoms with Crippen LogP contribution >= 0.6 is 0 Å². The standard InChI is InChI=1S/C18H17N3O5/c1-10(11-4-6-12(7-5-11)17(23)26-3)21-16(22)13-8-15(25-2)19-9-14(13)20-18(21)24/h4-10H,1-3H3,(H,20,24). The number of carbonyl (C=O) groups excluding carboxylic acids is 1. The van der Waals surface area contributed by atoms with Crippen molar-refractivity contribution in [2.75, 3.05) is 14.2 Å². The lowest BCUT2D eigenvalue weighted by Crippen LogP contribution is -2.37. The molecule has 0 saturated carbocycles. The van der Waals surface area contributed by atoms with Crippen LogP contribution in [-0.2, 0) is 4.74 Å². The van der Waals surface area contributed by atoms with Crippen molar-refractivity contribution in [3.63, 3.8) is 0 Å². The second kappa shape index (κ2) is 6.83. The van der Waals surface area contributed by atoms with Crippen LogP contribution in [0.4, 0.5) is 0 Å². The lowest BCUT2D eigenvalue weighted by Gasteiger charge is -2.15. The van der Waals surface area contributed by atoms with Crippen molar-refractivity contribution >= 4 is 16.9 Å². The average Bonchev–Trinajstić information content (AvgIpc) is 2.67. The second-order valence-corrected chi connectivity index (χ2v) is 5.67. The van der Waals surface area contributed by atoms with Crippen molar-refractivity contribution in [2.24, 2.45) is 0 Å². The summed E-state index contributed by atoms with van der Waals surface area (Å²) in [6, 6.07) is 7.48. The third-order valence-electron chi connectivity index (χ3n) is 4.20. The smallest absolute Gasteiger partial charge is 0.337 e. The molecule has 26 heavy (non-hydrogen) atoms. The first-order chi connectivity index (χ1) is 12.5. The fourth-order valence-electron chi connectivity index (χ4n) is 2.74. The number of rotatable bonds is 4. The molecule has 134 valence electrons. The van der Waals surface area contributed by atoms with Crippen LogP contribution in [0.2, 0.25) is 0 Å². The topological polar surface area (TPSA) is 103 Å². The van der Waals surface area contributed by atoms with Gasteiger partial charge in [-0.05, 0) is 24.6 Å². The molecule has 3 rings (SSSR count). The van der Waals surface area contributed by atoms with Gasteiger partial charge in [-0.1, -0.05) is 12.1 Å². The highest BCUT2D eigenvalue weighted by molar-refractivity contribution is 5.89. The van der Waals surface area contributed by atoms with Crippen LogP contribution in [0.15, 0.2) is 46.1 Å². The number of benzene rings is 1. The van der Waals surface area contributed by atoms with E-state index in [4.69, 9.17) is 4.74 Å². The van der Waals surface area contributed by atoms with Crippen molar-refractivity contribution in [1.82, 2.24) is 14.5 Å². The zero-order chi connectivity index (χ0) is 18.8. The van der Waals surface area contributed by atoms with Gasteiger partial charge in [0.25, 0.3) is 5.56 Å². The SMILES string of the molecule is COC(=O)c1ccc(C(C)n2c(=O)[nH]c3cnc(OC)cc3c2=O)cc1. The number of esters is 1. The highest BCUT2D eigenvalue weighted by Crippen LogP contribution is 2.17. The molecule has 3 aromatic rings. The number of carbonyl (C=O) groups is 1. The molecule has 0 aliphatic rings. The first kappa shape index (κ1) is 17.4. The minimum atomic E-state index is -0.543. The van der Waals surface area contributed by atoms with Gasteiger partial charge in [-0.2, -0.15) is 0 Å². The first-order valence-electron chi connectivity index (χ1n) is 7.83. The molecule has 0 aliphatic carbocycles. The van der Waals surface area contributed by atoms with Crippen LogP contribution in [0.25, 0.3) is 10.9 Å². The van der Waals surface area contributed by atoms with Crippen molar-refractivity contribution in [3.8, 4) is 5.88 Å². The molecule has 1 aromatic carbocycles. The summed E-state index contributed by atoms with van der Waals surface area (Å²) in [6.45, 7) is 1.73. The van der Waals surface area contributed by atoms with E-state index in [9.17, 15) is 14.4 Å². The maximum Gasteiger partial charge on any atom is 0.337 e. The van der Waals surface area contributed by atoms with Crippen LogP contribution in [0.1, 0.15) is 28.9 Å². The number of methoxy groups -OCH3 is 2. The van der Waals surface area contributed by atoms with Crippen molar-refractivity contribution in [3.05, 3.63) is 68.5 Å². The number of fused-ring (bicyclic) bond motifs is 1. The maximum absolute atomic E-state index is 12.8. The molecule has 0 radical (unpaired) electrons. The molecular weight excluding hydrogens is 338 g/mol. The molecule has 0 amide bonds. The zero-order valence-electron chi connectivity index (χ0n) is 14.5. The minimum absolute atomic E-state index is 0.281. The van der Waals surface area contributed by atoms with Crippen LogP contribution < -0.4 is 16.0 Å². The van der Waals surface area contributed by atoms with Gasteiger partial charge < -0.3 is 14.5 Å². The largest absolute Gasteiger partial charge is 0.481 e. The molecule has 1 atom stereocenters. The summed E-state index contributed by atoms with van der Waals surface area (Å²) in [7, 11) is 2.75. The number of nitrogens with zero attached hydrogens (tertiary/aromatic N) is 2. The van der Waals surface area contributed by atoms with Crippen molar-refractivity contribution < 1.29 is 14.3 Å². The Balaban J connectivity index is 2.10. The summed E-state index contributed by atoms with van der Waals surface area (Å²) in [5.74, 6) is -0.173. The Bertz CT molecular complexity index is 1080. The van der Waals surface area contributed by atoms with Gasteiger partial charge in [0, 0.05) is 6.07 Å². The summed E-state index contributed by atoms with van der Waals surface area (Å²) in [6.07, 6.45) is 1.39. The van der Waals surface area contributed by atoms with Gasteiger partial charge in [-0.3, -0.25) is 9.36 Å². The lowest BCUT2D eigenvalue weighted by atomic mass is 10.1. The maximum atomic E-state index is 12.8. The molecule has 8 nitrogen and oxygen atoms in total. The van der Waals surface area contributed by atoms with Crippen molar-refractivity contribution in [2.45, 2.75) is 13.0 Å². The normalized spacial score (nSPS) is 12.0. The van der Waals surface area contributed by atoms with E-state index < -0.39 is 23.3 Å². The zero-order valence-corrected chi connectivity index (χ0v) is 14.5. The Morgan fingerprint density at radius 2 is 1.88 bits per heavy atom. The first-order valence-corrected chi connectivity index (χ1v) is 7.83. The molecular formula is C18H17N3O5. The summed E-state index contributed by atoms with van der Waals surface area (Å²) >= 11 is 0. The van der Waals surface area contributed by atoms with E-state index in [-0.39, 0.29) is 5.88 Å². The van der Waals surface area contributed by atoms with E-state index >= 15 is 0 Å². The minimum Gasteiger partial charge on any atom is -0.481 e. The molecule has 0 bridgehead atoms. The van der Waals surface area contributed by atoms with E-state index in [0.717, 1.165) is 4.57 Å². The van der Waals surface area contributed by atoms with Gasteiger partial charge in [-0.25, -0.2) is 14.6 Å². The monoisotopic (exact) mass is 355 g/mol. The van der Waals surface area contributed by atoms with Crippen LogP contribution in [0.5, 0.6) is 5.88 Å². The predicted octanol–water partition coefficient (Wildman–Crippen LogP) is 1.49. The second-order valence-electron chi connectivity index (χ2n) is 5.67. The lowest BCUT2D eigenvalue weighted by molar-refractivity contribution is 0.0600. The van der Waals surface area contributed by atoms with E-state index in [2.05, 4.69) is 14.7 Å². The summed E-state index contributed by atoms with van der Waals surface area (Å²) < 4.78 is 10.8. The van der Waals surface area contributed by atoms with Gasteiger partial charge >= 0.3 is 11.7 Å².